The van der Waals surface area contributed by atoms with E-state index >= 15 is 0 Å². The normalized spacial score (nSPS) is 17.0. The van der Waals surface area contributed by atoms with Crippen LogP contribution in [0.3, 0.4) is 0 Å². The molecule has 0 aliphatic carbocycles. The van der Waals surface area contributed by atoms with Gasteiger partial charge in [-0.05, 0) is 24.1 Å². The Kier molecular flexibility index (Phi) is 4.29. The van der Waals surface area contributed by atoms with Gasteiger partial charge in [-0.15, -0.1) is 0 Å². The summed E-state index contributed by atoms with van der Waals surface area (Å²) in [6.45, 7) is 1.53. The van der Waals surface area contributed by atoms with Gasteiger partial charge in [0, 0.05) is 18.2 Å². The summed E-state index contributed by atoms with van der Waals surface area (Å²) in [5.74, 6) is -0.375. The zero-order valence-electron chi connectivity index (χ0n) is 12.9. The molecule has 2 aromatic rings. The number of hydrogen-bond donors (Lipinski definition) is 0. The van der Waals surface area contributed by atoms with Crippen molar-refractivity contribution in [2.24, 2.45) is 4.99 Å². The molecule has 2 aromatic carbocycles. The second kappa shape index (κ2) is 6.53. The molecule has 0 spiro atoms. The van der Waals surface area contributed by atoms with E-state index in [0.717, 1.165) is 11.1 Å². The maximum atomic E-state index is 12.7. The Morgan fingerprint density at radius 1 is 1.09 bits per heavy atom. The Hall–Kier alpha value is -2.81. The first kappa shape index (κ1) is 15.1. The van der Waals surface area contributed by atoms with Crippen LogP contribution in [0.4, 0.5) is 0 Å². The predicted molar refractivity (Wildman–Crippen MR) is 90.9 cm³/mol. The van der Waals surface area contributed by atoms with Gasteiger partial charge in [0.2, 0.25) is 0 Å². The van der Waals surface area contributed by atoms with Crippen molar-refractivity contribution in [2.75, 3.05) is 0 Å². The van der Waals surface area contributed by atoms with Crippen molar-refractivity contribution in [1.29, 1.82) is 0 Å². The molecule has 0 aromatic heterocycles. The van der Waals surface area contributed by atoms with Crippen LogP contribution in [0.15, 0.2) is 71.9 Å². The van der Waals surface area contributed by atoms with E-state index in [1.54, 1.807) is 24.4 Å². The number of ketones is 2. The second-order valence-electron chi connectivity index (χ2n) is 5.60. The predicted octanol–water partition coefficient (Wildman–Crippen LogP) is 3.75. The monoisotopic (exact) mass is 303 g/mol. The molecule has 3 nitrogen and oxygen atoms in total. The van der Waals surface area contributed by atoms with Crippen molar-refractivity contribution in [3.8, 4) is 0 Å². The molecule has 1 aliphatic heterocycles. The zero-order chi connectivity index (χ0) is 16.2. The Morgan fingerprint density at radius 3 is 2.61 bits per heavy atom. The number of benzene rings is 2. The van der Waals surface area contributed by atoms with Crippen LogP contribution in [0.2, 0.25) is 0 Å². The van der Waals surface area contributed by atoms with Crippen molar-refractivity contribution >= 4 is 17.3 Å². The molecule has 3 rings (SSSR count). The van der Waals surface area contributed by atoms with Gasteiger partial charge in [-0.25, -0.2) is 0 Å². The molecule has 0 saturated carbocycles. The van der Waals surface area contributed by atoms with Crippen LogP contribution in [0, 0.1) is 0 Å². The topological polar surface area (TPSA) is 46.5 Å². The van der Waals surface area contributed by atoms with Crippen LogP contribution in [0.25, 0.3) is 0 Å². The standard InChI is InChI=1S/C20H17NO2/c1-14(22)16-8-5-9-17(13-16)18-10-11-21-19(20(18)23)12-15-6-3-2-4-7-15/h2-11,13,18H,12H2,1H3. The summed E-state index contributed by atoms with van der Waals surface area (Å²) in [4.78, 5) is 28.5. The van der Waals surface area contributed by atoms with E-state index in [1.165, 1.54) is 6.92 Å². The van der Waals surface area contributed by atoms with Crippen molar-refractivity contribution in [3.63, 3.8) is 0 Å². The first-order valence-corrected chi connectivity index (χ1v) is 7.57. The molecule has 1 aliphatic rings. The van der Waals surface area contributed by atoms with Gasteiger partial charge in [0.25, 0.3) is 0 Å². The molecule has 114 valence electrons. The molecular formula is C20H17NO2. The first-order chi connectivity index (χ1) is 11.1. The molecule has 0 radical (unpaired) electrons. The lowest BCUT2D eigenvalue weighted by Crippen LogP contribution is -2.25. The van der Waals surface area contributed by atoms with Gasteiger partial charge in [0.15, 0.2) is 11.6 Å². The SMILES string of the molecule is CC(=O)c1cccc(C2C=CN=C(Cc3ccccc3)C2=O)c1. The molecule has 1 unspecified atom stereocenters. The van der Waals surface area contributed by atoms with Crippen LogP contribution in [0.1, 0.15) is 34.3 Å². The molecule has 23 heavy (non-hydrogen) atoms. The lowest BCUT2D eigenvalue weighted by molar-refractivity contribution is -0.113. The highest BCUT2D eigenvalue weighted by Gasteiger charge is 2.25. The fourth-order valence-corrected chi connectivity index (χ4v) is 2.69. The number of nitrogens with zero attached hydrogens (tertiary/aromatic N) is 1. The number of carbonyl (C=O) groups excluding carboxylic acids is 2. The molecule has 1 atom stereocenters. The fourth-order valence-electron chi connectivity index (χ4n) is 2.69. The molecule has 0 amide bonds. The van der Waals surface area contributed by atoms with E-state index in [0.29, 0.717) is 17.7 Å². The second-order valence-corrected chi connectivity index (χ2v) is 5.60. The van der Waals surface area contributed by atoms with E-state index in [1.807, 2.05) is 42.5 Å². The summed E-state index contributed by atoms with van der Waals surface area (Å²) in [5.41, 5.74) is 3.07. The smallest absolute Gasteiger partial charge is 0.188 e. The molecule has 0 saturated heterocycles. The number of aliphatic imine (C=N–C) groups is 1. The van der Waals surface area contributed by atoms with Gasteiger partial charge in [-0.1, -0.05) is 54.6 Å². The van der Waals surface area contributed by atoms with Crippen LogP contribution in [-0.2, 0) is 11.2 Å². The Bertz CT molecular complexity index is 803. The van der Waals surface area contributed by atoms with E-state index in [4.69, 9.17) is 0 Å². The van der Waals surface area contributed by atoms with Crippen LogP contribution < -0.4 is 0 Å². The highest BCUT2D eigenvalue weighted by Crippen LogP contribution is 2.24. The summed E-state index contributed by atoms with van der Waals surface area (Å²) in [6, 6.07) is 17.1. The van der Waals surface area contributed by atoms with E-state index in [2.05, 4.69) is 4.99 Å². The summed E-state index contributed by atoms with van der Waals surface area (Å²) < 4.78 is 0. The molecule has 0 bridgehead atoms. The highest BCUT2D eigenvalue weighted by atomic mass is 16.1. The summed E-state index contributed by atoms with van der Waals surface area (Å²) >= 11 is 0. The molecule has 0 N–H and O–H groups in total. The Morgan fingerprint density at radius 2 is 1.87 bits per heavy atom. The lowest BCUT2D eigenvalue weighted by Gasteiger charge is -2.17. The minimum Gasteiger partial charge on any atom is -0.295 e. The molecule has 3 heteroatoms. The minimum atomic E-state index is -0.370. The molecule has 0 fully saturated rings. The number of rotatable bonds is 4. The van der Waals surface area contributed by atoms with Gasteiger partial charge < -0.3 is 0 Å². The van der Waals surface area contributed by atoms with Gasteiger partial charge in [0.1, 0.15) is 0 Å². The molecule has 1 heterocycles. The first-order valence-electron chi connectivity index (χ1n) is 7.57. The minimum absolute atomic E-state index is 0.00253. The maximum Gasteiger partial charge on any atom is 0.188 e. The van der Waals surface area contributed by atoms with Crippen LogP contribution in [0.5, 0.6) is 0 Å². The van der Waals surface area contributed by atoms with E-state index in [-0.39, 0.29) is 17.5 Å². The van der Waals surface area contributed by atoms with Crippen LogP contribution >= 0.6 is 0 Å². The largest absolute Gasteiger partial charge is 0.295 e. The fraction of sp³-hybridized carbons (Fsp3) is 0.150. The van der Waals surface area contributed by atoms with E-state index < -0.39 is 0 Å². The van der Waals surface area contributed by atoms with Gasteiger partial charge in [-0.2, -0.15) is 0 Å². The summed E-state index contributed by atoms with van der Waals surface area (Å²) in [6.07, 6.45) is 3.99. The Balaban J connectivity index is 1.85. The average Bonchev–Trinajstić information content (AvgIpc) is 2.58. The summed E-state index contributed by atoms with van der Waals surface area (Å²) in [7, 11) is 0. The third kappa shape index (κ3) is 3.34. The van der Waals surface area contributed by atoms with Crippen molar-refractivity contribution in [2.45, 2.75) is 19.3 Å². The third-order valence-corrected chi connectivity index (χ3v) is 3.94. The quantitative estimate of drug-likeness (QED) is 0.807. The van der Waals surface area contributed by atoms with Gasteiger partial charge >= 0.3 is 0 Å². The highest BCUT2D eigenvalue weighted by molar-refractivity contribution is 6.43. The van der Waals surface area contributed by atoms with Gasteiger partial charge in [-0.3, -0.25) is 14.6 Å². The van der Waals surface area contributed by atoms with Crippen LogP contribution in [-0.4, -0.2) is 17.3 Å². The van der Waals surface area contributed by atoms with Crippen molar-refractivity contribution in [1.82, 2.24) is 0 Å². The molecular weight excluding hydrogens is 286 g/mol. The lowest BCUT2D eigenvalue weighted by atomic mass is 9.87. The van der Waals surface area contributed by atoms with E-state index in [9.17, 15) is 9.59 Å². The number of allylic oxidation sites excluding steroid dienone is 1. The van der Waals surface area contributed by atoms with Crippen molar-refractivity contribution in [3.05, 3.63) is 83.6 Å². The van der Waals surface area contributed by atoms with Gasteiger partial charge in [0.05, 0.1) is 11.6 Å². The number of carbonyl (C=O) groups is 2. The zero-order valence-corrected chi connectivity index (χ0v) is 12.9. The summed E-state index contributed by atoms with van der Waals surface area (Å²) in [5, 5.41) is 0. The number of hydrogen-bond acceptors (Lipinski definition) is 3. The average molecular weight is 303 g/mol. The Labute approximate surface area is 135 Å². The van der Waals surface area contributed by atoms with Crippen molar-refractivity contribution < 1.29 is 9.59 Å². The number of Topliss-reactive ketones (excluding diaryl/α,β-unsaturated/α-hetero) is 2. The third-order valence-electron chi connectivity index (χ3n) is 3.94. The maximum absolute atomic E-state index is 12.7.